The van der Waals surface area contributed by atoms with Crippen LogP contribution in [0.4, 0.5) is 0 Å². The van der Waals surface area contributed by atoms with Crippen molar-refractivity contribution in [3.05, 3.63) is 45.7 Å². The molecule has 24 heavy (non-hydrogen) atoms. The number of thiazole rings is 1. The van der Waals surface area contributed by atoms with E-state index in [1.165, 1.54) is 15.4 Å². The lowest BCUT2D eigenvalue weighted by Crippen LogP contribution is -2.40. The van der Waals surface area contributed by atoms with E-state index in [9.17, 15) is 4.79 Å². The smallest absolute Gasteiger partial charge is 0.226 e. The molecular formula is C19H23N3OS. The number of amides is 1. The summed E-state index contributed by atoms with van der Waals surface area (Å²) in [5.74, 6) is 1.28. The predicted molar refractivity (Wildman–Crippen MR) is 95.2 cm³/mol. The fourth-order valence-corrected chi connectivity index (χ4v) is 4.77. The van der Waals surface area contributed by atoms with Crippen LogP contribution in [0.2, 0.25) is 0 Å². The van der Waals surface area contributed by atoms with Gasteiger partial charge in [-0.05, 0) is 50.7 Å². The number of hydrogen-bond donors (Lipinski definition) is 0. The first kappa shape index (κ1) is 15.8. The average molecular weight is 341 g/mol. The standard InChI is InChI=1S/C19H23N3OS/c1-12-13(2)24-18(21-12)15-6-4-8-22(11-15)19(23)17-9-16(17)14-5-3-7-20-10-14/h3,5,7,10,15-17H,4,6,8-9,11H2,1-2H3/t15-,16-,17-/m1/s1. The van der Waals surface area contributed by atoms with E-state index in [-0.39, 0.29) is 5.92 Å². The Labute approximate surface area is 146 Å². The van der Waals surface area contributed by atoms with Gasteiger partial charge >= 0.3 is 0 Å². The maximum absolute atomic E-state index is 12.9. The Bertz CT molecular complexity index is 723. The van der Waals surface area contributed by atoms with E-state index < -0.39 is 0 Å². The van der Waals surface area contributed by atoms with Crippen molar-refractivity contribution in [2.45, 2.75) is 44.9 Å². The summed E-state index contributed by atoms with van der Waals surface area (Å²) in [7, 11) is 0. The van der Waals surface area contributed by atoms with E-state index in [1.807, 2.05) is 12.3 Å². The third kappa shape index (κ3) is 2.97. The number of pyridine rings is 1. The van der Waals surface area contributed by atoms with Crippen molar-refractivity contribution in [2.24, 2.45) is 5.92 Å². The van der Waals surface area contributed by atoms with E-state index in [2.05, 4.69) is 29.8 Å². The summed E-state index contributed by atoms with van der Waals surface area (Å²) < 4.78 is 0. The molecule has 0 unspecified atom stereocenters. The van der Waals surface area contributed by atoms with E-state index in [1.54, 1.807) is 17.5 Å². The molecule has 1 aliphatic carbocycles. The lowest BCUT2D eigenvalue weighted by molar-refractivity contribution is -0.133. The molecule has 0 spiro atoms. The number of aryl methyl sites for hydroxylation is 2. The Kier molecular flexibility index (Phi) is 4.12. The van der Waals surface area contributed by atoms with Gasteiger partial charge in [0.25, 0.3) is 0 Å². The summed E-state index contributed by atoms with van der Waals surface area (Å²) in [6.07, 6.45) is 6.89. The van der Waals surface area contributed by atoms with Crippen molar-refractivity contribution >= 4 is 17.2 Å². The molecule has 0 aromatic carbocycles. The minimum Gasteiger partial charge on any atom is -0.342 e. The van der Waals surface area contributed by atoms with Crippen molar-refractivity contribution in [3.63, 3.8) is 0 Å². The zero-order valence-electron chi connectivity index (χ0n) is 14.2. The van der Waals surface area contributed by atoms with Crippen LogP contribution in [0.5, 0.6) is 0 Å². The maximum atomic E-state index is 12.9. The Morgan fingerprint density at radius 3 is 2.96 bits per heavy atom. The lowest BCUT2D eigenvalue weighted by Gasteiger charge is -2.32. The number of piperidine rings is 1. The summed E-state index contributed by atoms with van der Waals surface area (Å²) in [4.78, 5) is 25.2. The molecule has 3 atom stereocenters. The van der Waals surface area contributed by atoms with Gasteiger partial charge in [-0.15, -0.1) is 11.3 Å². The zero-order chi connectivity index (χ0) is 16.7. The van der Waals surface area contributed by atoms with Gasteiger partial charge < -0.3 is 4.90 Å². The number of carbonyl (C=O) groups excluding carboxylic acids is 1. The van der Waals surface area contributed by atoms with Gasteiger partial charge in [0.1, 0.15) is 0 Å². The molecule has 0 bridgehead atoms. The first-order valence-corrected chi connectivity index (χ1v) is 9.57. The van der Waals surface area contributed by atoms with Crippen molar-refractivity contribution in [1.82, 2.24) is 14.9 Å². The molecule has 0 radical (unpaired) electrons. The SMILES string of the molecule is Cc1nc([C@@H]2CCCN(C(=O)[C@@H]3C[C@@H]3c3cccnc3)C2)sc1C. The fraction of sp³-hybridized carbons (Fsp3) is 0.526. The number of hydrogen-bond acceptors (Lipinski definition) is 4. The molecular weight excluding hydrogens is 318 g/mol. The van der Waals surface area contributed by atoms with Gasteiger partial charge in [-0.2, -0.15) is 0 Å². The largest absolute Gasteiger partial charge is 0.342 e. The topological polar surface area (TPSA) is 46.1 Å². The van der Waals surface area contributed by atoms with Crippen LogP contribution in [-0.4, -0.2) is 33.9 Å². The quantitative estimate of drug-likeness (QED) is 0.856. The number of aromatic nitrogens is 2. The van der Waals surface area contributed by atoms with Crippen LogP contribution in [0.1, 0.15) is 52.2 Å². The van der Waals surface area contributed by atoms with E-state index in [0.717, 1.165) is 38.0 Å². The van der Waals surface area contributed by atoms with Gasteiger partial charge in [0.15, 0.2) is 0 Å². The second-order valence-electron chi connectivity index (χ2n) is 7.05. The maximum Gasteiger partial charge on any atom is 0.226 e. The molecule has 0 N–H and O–H groups in total. The first-order valence-electron chi connectivity index (χ1n) is 8.76. The third-order valence-electron chi connectivity index (χ3n) is 5.35. The molecule has 126 valence electrons. The predicted octanol–water partition coefficient (Wildman–Crippen LogP) is 3.66. The number of rotatable bonds is 3. The summed E-state index contributed by atoms with van der Waals surface area (Å²) in [6, 6.07) is 4.05. The summed E-state index contributed by atoms with van der Waals surface area (Å²) in [5.41, 5.74) is 2.34. The third-order valence-corrected chi connectivity index (χ3v) is 6.58. The molecule has 2 aromatic heterocycles. The molecule has 1 aliphatic heterocycles. The molecule has 5 heteroatoms. The highest BCUT2D eigenvalue weighted by atomic mass is 32.1. The highest BCUT2D eigenvalue weighted by molar-refractivity contribution is 7.11. The lowest BCUT2D eigenvalue weighted by atomic mass is 9.98. The Balaban J connectivity index is 1.42. The molecule has 2 aliphatic rings. The molecule has 1 saturated heterocycles. The van der Waals surface area contributed by atoms with Gasteiger partial charge in [0.05, 0.1) is 10.7 Å². The minimum absolute atomic E-state index is 0.160. The highest BCUT2D eigenvalue weighted by Gasteiger charge is 2.46. The van der Waals surface area contributed by atoms with Crippen LogP contribution in [-0.2, 0) is 4.79 Å². The summed E-state index contributed by atoms with van der Waals surface area (Å²) in [5, 5.41) is 1.21. The van der Waals surface area contributed by atoms with Gasteiger partial charge in [0.2, 0.25) is 5.91 Å². The molecule has 3 heterocycles. The van der Waals surface area contributed by atoms with Crippen molar-refractivity contribution < 1.29 is 4.79 Å². The van der Waals surface area contributed by atoms with Crippen molar-refractivity contribution in [2.75, 3.05) is 13.1 Å². The summed E-state index contributed by atoms with van der Waals surface area (Å²) >= 11 is 1.80. The van der Waals surface area contributed by atoms with Crippen molar-refractivity contribution in [3.8, 4) is 0 Å². The fourth-order valence-electron chi connectivity index (χ4n) is 3.72. The number of likely N-dealkylation sites (tertiary alicyclic amines) is 1. The number of nitrogens with zero attached hydrogens (tertiary/aromatic N) is 3. The average Bonchev–Trinajstić information content (AvgIpc) is 3.35. The first-order chi connectivity index (χ1) is 11.6. The van der Waals surface area contributed by atoms with Crippen LogP contribution in [0, 0.1) is 19.8 Å². The second kappa shape index (κ2) is 6.28. The molecule has 4 nitrogen and oxygen atoms in total. The molecule has 2 aromatic rings. The van der Waals surface area contributed by atoms with Crippen LogP contribution in [0.25, 0.3) is 0 Å². The summed E-state index contributed by atoms with van der Waals surface area (Å²) in [6.45, 7) is 5.94. The Morgan fingerprint density at radius 1 is 1.38 bits per heavy atom. The van der Waals surface area contributed by atoms with Gasteiger partial charge in [0, 0.05) is 42.2 Å². The van der Waals surface area contributed by atoms with Crippen LogP contribution < -0.4 is 0 Å². The zero-order valence-corrected chi connectivity index (χ0v) is 15.1. The monoisotopic (exact) mass is 341 g/mol. The Hall–Kier alpha value is -1.75. The number of carbonyl (C=O) groups is 1. The van der Waals surface area contributed by atoms with E-state index in [4.69, 9.17) is 4.98 Å². The Morgan fingerprint density at radius 2 is 2.25 bits per heavy atom. The van der Waals surface area contributed by atoms with Crippen LogP contribution >= 0.6 is 11.3 Å². The van der Waals surface area contributed by atoms with E-state index >= 15 is 0 Å². The normalized spacial score (nSPS) is 26.4. The highest BCUT2D eigenvalue weighted by Crippen LogP contribution is 2.48. The second-order valence-corrected chi connectivity index (χ2v) is 8.29. The van der Waals surface area contributed by atoms with E-state index in [0.29, 0.717) is 17.7 Å². The van der Waals surface area contributed by atoms with Crippen molar-refractivity contribution in [1.29, 1.82) is 0 Å². The van der Waals surface area contributed by atoms with Gasteiger partial charge in [-0.3, -0.25) is 9.78 Å². The van der Waals surface area contributed by atoms with Gasteiger partial charge in [-0.1, -0.05) is 6.07 Å². The molecule has 1 saturated carbocycles. The van der Waals surface area contributed by atoms with Crippen LogP contribution in [0.15, 0.2) is 24.5 Å². The van der Waals surface area contributed by atoms with Crippen LogP contribution in [0.3, 0.4) is 0 Å². The molecule has 4 rings (SSSR count). The minimum atomic E-state index is 0.160. The molecule has 1 amide bonds. The van der Waals surface area contributed by atoms with Gasteiger partial charge in [-0.25, -0.2) is 4.98 Å². The molecule has 2 fully saturated rings.